The molecule has 1 fully saturated rings. The van der Waals surface area contributed by atoms with Crippen LogP contribution in [-0.2, 0) is 17.5 Å². The van der Waals surface area contributed by atoms with E-state index in [-0.39, 0.29) is 24.2 Å². The number of aryl methyl sites for hydroxylation is 1. The minimum atomic E-state index is -4.52. The number of benzene rings is 1. The molecule has 182 valence electrons. The van der Waals surface area contributed by atoms with Crippen molar-refractivity contribution in [3.8, 4) is 11.5 Å². The van der Waals surface area contributed by atoms with Gasteiger partial charge in [-0.1, -0.05) is 0 Å². The first-order valence-corrected chi connectivity index (χ1v) is 10.8. The average Bonchev–Trinajstić information content (AvgIpc) is 3.62. The monoisotopic (exact) mass is 477 g/mol. The predicted molar refractivity (Wildman–Crippen MR) is 121 cm³/mol. The van der Waals surface area contributed by atoms with Gasteiger partial charge in [0.1, 0.15) is 24.1 Å². The summed E-state index contributed by atoms with van der Waals surface area (Å²) in [7, 11) is 3.21. The normalized spacial score (nSPS) is 14.8. The molecule has 0 bridgehead atoms. The molecule has 4 rings (SSSR count). The van der Waals surface area contributed by atoms with Crippen LogP contribution in [0.25, 0.3) is 10.9 Å². The van der Waals surface area contributed by atoms with Crippen LogP contribution < -0.4 is 20.5 Å². The SMILES string of the molecule is COc1cc2nc(C)nc(NCc3cc(C(F)(F)F)cc(N)n3)c2cc1OCC(OC)C1CC1. The van der Waals surface area contributed by atoms with Gasteiger partial charge in [-0.15, -0.1) is 0 Å². The Balaban J connectivity index is 1.62. The minimum Gasteiger partial charge on any atom is -0.493 e. The van der Waals surface area contributed by atoms with E-state index in [0.29, 0.717) is 46.6 Å². The Morgan fingerprint density at radius 1 is 1.09 bits per heavy atom. The quantitative estimate of drug-likeness (QED) is 0.469. The lowest BCUT2D eigenvalue weighted by Gasteiger charge is -2.18. The van der Waals surface area contributed by atoms with Gasteiger partial charge in [-0.2, -0.15) is 13.2 Å². The molecule has 0 amide bonds. The van der Waals surface area contributed by atoms with Crippen molar-refractivity contribution in [1.29, 1.82) is 0 Å². The van der Waals surface area contributed by atoms with Crippen molar-refractivity contribution in [1.82, 2.24) is 15.0 Å². The van der Waals surface area contributed by atoms with E-state index in [1.165, 1.54) is 0 Å². The van der Waals surface area contributed by atoms with Crippen LogP contribution >= 0.6 is 0 Å². The largest absolute Gasteiger partial charge is 0.493 e. The summed E-state index contributed by atoms with van der Waals surface area (Å²) in [6.07, 6.45) is -2.30. The number of aromatic nitrogens is 3. The molecule has 0 spiro atoms. The molecule has 11 heteroatoms. The number of fused-ring (bicyclic) bond motifs is 1. The van der Waals surface area contributed by atoms with Gasteiger partial charge in [-0.3, -0.25) is 0 Å². The third kappa shape index (κ3) is 5.41. The zero-order chi connectivity index (χ0) is 24.5. The van der Waals surface area contributed by atoms with Gasteiger partial charge in [0, 0.05) is 18.6 Å². The van der Waals surface area contributed by atoms with Crippen LogP contribution in [-0.4, -0.2) is 41.9 Å². The van der Waals surface area contributed by atoms with Crippen molar-refractivity contribution < 1.29 is 27.4 Å². The lowest BCUT2D eigenvalue weighted by Crippen LogP contribution is -2.22. The highest BCUT2D eigenvalue weighted by Crippen LogP contribution is 2.37. The topological polar surface area (TPSA) is 104 Å². The fourth-order valence-corrected chi connectivity index (χ4v) is 3.74. The Morgan fingerprint density at radius 3 is 2.50 bits per heavy atom. The van der Waals surface area contributed by atoms with E-state index in [1.54, 1.807) is 33.3 Å². The van der Waals surface area contributed by atoms with Crippen molar-refractivity contribution in [2.24, 2.45) is 5.92 Å². The molecule has 1 aliphatic carbocycles. The molecule has 1 atom stereocenters. The highest BCUT2D eigenvalue weighted by Gasteiger charge is 2.32. The lowest BCUT2D eigenvalue weighted by molar-refractivity contribution is -0.137. The summed E-state index contributed by atoms with van der Waals surface area (Å²) < 4.78 is 56.4. The van der Waals surface area contributed by atoms with Crippen LogP contribution in [0.1, 0.15) is 29.9 Å². The molecule has 8 nitrogen and oxygen atoms in total. The predicted octanol–water partition coefficient (Wildman–Crippen LogP) is 4.36. The number of anilines is 2. The Morgan fingerprint density at radius 2 is 1.85 bits per heavy atom. The van der Waals surface area contributed by atoms with Crippen molar-refractivity contribution in [2.75, 3.05) is 31.9 Å². The van der Waals surface area contributed by atoms with Crippen LogP contribution in [0, 0.1) is 12.8 Å². The van der Waals surface area contributed by atoms with Crippen LogP contribution in [0.5, 0.6) is 11.5 Å². The standard InChI is InChI=1S/C23H26F3N5O3/c1-12-29-17-9-18(32-2)19(34-11-20(33-3)13-4-5-13)8-16(17)22(30-12)28-10-15-6-14(23(24,25)26)7-21(27)31-15/h6-9,13,20H,4-5,10-11H2,1-3H3,(H2,27,31)(H,28,29,30). The van der Waals surface area contributed by atoms with Gasteiger partial charge in [-0.05, 0) is 43.9 Å². The van der Waals surface area contributed by atoms with Gasteiger partial charge in [0.15, 0.2) is 11.5 Å². The highest BCUT2D eigenvalue weighted by atomic mass is 19.4. The van der Waals surface area contributed by atoms with Crippen molar-refractivity contribution >= 4 is 22.5 Å². The molecule has 2 aromatic heterocycles. The Bertz CT molecular complexity index is 1180. The van der Waals surface area contributed by atoms with E-state index >= 15 is 0 Å². The number of methoxy groups -OCH3 is 2. The Hall–Kier alpha value is -3.34. The van der Waals surface area contributed by atoms with Gasteiger partial charge >= 0.3 is 6.18 Å². The van der Waals surface area contributed by atoms with E-state index in [9.17, 15) is 13.2 Å². The summed E-state index contributed by atoms with van der Waals surface area (Å²) in [5.74, 6) is 2.20. The number of halogens is 3. The average molecular weight is 477 g/mol. The summed E-state index contributed by atoms with van der Waals surface area (Å²) in [6.45, 7) is 2.07. The maximum Gasteiger partial charge on any atom is 0.416 e. The zero-order valence-electron chi connectivity index (χ0n) is 19.1. The minimum absolute atomic E-state index is 0.00953. The maximum absolute atomic E-state index is 13.1. The number of alkyl halides is 3. The highest BCUT2D eigenvalue weighted by molar-refractivity contribution is 5.91. The second-order valence-electron chi connectivity index (χ2n) is 8.19. The number of nitrogens with zero attached hydrogens (tertiary/aromatic N) is 3. The molecule has 0 radical (unpaired) electrons. The van der Waals surface area contributed by atoms with Crippen molar-refractivity contribution in [3.63, 3.8) is 0 Å². The fraction of sp³-hybridized carbons (Fsp3) is 0.435. The molecule has 0 aliphatic heterocycles. The summed E-state index contributed by atoms with van der Waals surface area (Å²) >= 11 is 0. The van der Waals surface area contributed by atoms with Gasteiger partial charge in [0.05, 0.1) is 36.5 Å². The first kappa shape index (κ1) is 23.8. The summed E-state index contributed by atoms with van der Waals surface area (Å²) in [6, 6.07) is 5.26. The smallest absolute Gasteiger partial charge is 0.416 e. The van der Waals surface area contributed by atoms with Crippen LogP contribution in [0.3, 0.4) is 0 Å². The number of nitrogens with two attached hydrogens (primary N) is 1. The summed E-state index contributed by atoms with van der Waals surface area (Å²) in [5.41, 5.74) is 5.46. The third-order valence-corrected chi connectivity index (χ3v) is 5.61. The van der Waals surface area contributed by atoms with E-state index < -0.39 is 11.7 Å². The lowest BCUT2D eigenvalue weighted by atomic mass is 10.2. The number of nitrogen functional groups attached to an aromatic ring is 1. The van der Waals surface area contributed by atoms with Crippen LogP contribution in [0.2, 0.25) is 0 Å². The van der Waals surface area contributed by atoms with Gasteiger partial charge in [0.2, 0.25) is 0 Å². The third-order valence-electron chi connectivity index (χ3n) is 5.61. The molecule has 1 unspecified atom stereocenters. The van der Waals surface area contributed by atoms with Crippen LogP contribution in [0.4, 0.5) is 24.8 Å². The number of rotatable bonds is 9. The van der Waals surface area contributed by atoms with Crippen LogP contribution in [0.15, 0.2) is 24.3 Å². The molecule has 1 saturated carbocycles. The zero-order valence-corrected chi connectivity index (χ0v) is 19.1. The van der Waals surface area contributed by atoms with E-state index in [0.717, 1.165) is 25.0 Å². The first-order chi connectivity index (χ1) is 16.2. The second-order valence-corrected chi connectivity index (χ2v) is 8.19. The van der Waals surface area contributed by atoms with E-state index in [2.05, 4.69) is 20.3 Å². The molecular formula is C23H26F3N5O3. The maximum atomic E-state index is 13.1. The van der Waals surface area contributed by atoms with Gasteiger partial charge in [0.25, 0.3) is 0 Å². The van der Waals surface area contributed by atoms with Gasteiger partial charge < -0.3 is 25.3 Å². The molecule has 0 saturated heterocycles. The molecule has 3 N–H and O–H groups in total. The van der Waals surface area contributed by atoms with E-state index in [4.69, 9.17) is 19.9 Å². The van der Waals surface area contributed by atoms with Crippen molar-refractivity contribution in [3.05, 3.63) is 41.3 Å². The summed E-state index contributed by atoms with van der Waals surface area (Å²) in [5, 5.41) is 3.69. The number of pyridine rings is 1. The Labute approximate surface area is 194 Å². The first-order valence-electron chi connectivity index (χ1n) is 10.8. The molecule has 2 heterocycles. The van der Waals surface area contributed by atoms with E-state index in [1.807, 2.05) is 0 Å². The number of hydrogen-bond donors (Lipinski definition) is 2. The second kappa shape index (κ2) is 9.49. The fourth-order valence-electron chi connectivity index (χ4n) is 3.74. The van der Waals surface area contributed by atoms with Crippen molar-refractivity contribution in [2.45, 2.75) is 38.6 Å². The molecule has 1 aromatic carbocycles. The Kier molecular flexibility index (Phi) is 6.65. The number of hydrogen-bond acceptors (Lipinski definition) is 8. The number of nitrogens with one attached hydrogen (secondary N) is 1. The molecule has 3 aromatic rings. The molecule has 1 aliphatic rings. The molecular weight excluding hydrogens is 451 g/mol. The number of ether oxygens (including phenoxy) is 3. The molecule has 34 heavy (non-hydrogen) atoms. The van der Waals surface area contributed by atoms with Gasteiger partial charge in [-0.25, -0.2) is 15.0 Å². The summed E-state index contributed by atoms with van der Waals surface area (Å²) in [4.78, 5) is 12.9.